The molecule has 0 rings (SSSR count). The Bertz CT molecular complexity index is 115. The van der Waals surface area contributed by atoms with Crippen LogP contribution in [0.15, 0.2) is 0 Å². The molecule has 0 spiro atoms. The van der Waals surface area contributed by atoms with Gasteiger partial charge in [-0.2, -0.15) is 0 Å². The quantitative estimate of drug-likeness (QED) is 0.332. The van der Waals surface area contributed by atoms with Crippen LogP contribution >= 0.6 is 0 Å². The first-order valence-corrected chi connectivity index (χ1v) is 3.37. The second-order valence-electron chi connectivity index (χ2n) is 2.23. The van der Waals surface area contributed by atoms with Crippen molar-refractivity contribution in [3.8, 4) is 0 Å². The van der Waals surface area contributed by atoms with E-state index in [4.69, 9.17) is 16.6 Å². The van der Waals surface area contributed by atoms with Gasteiger partial charge < -0.3 is 27.5 Å². The molecule has 0 aromatic heterocycles. The molecule has 0 heterocycles. The van der Waals surface area contributed by atoms with E-state index in [-0.39, 0.29) is 28.3 Å². The molecule has 0 aliphatic heterocycles. The Hall–Kier alpha value is -0.158. The number of hydrogen-bond acceptors (Lipinski definition) is 3. The van der Waals surface area contributed by atoms with Crippen molar-refractivity contribution in [2.75, 3.05) is 6.54 Å². The lowest BCUT2D eigenvalue weighted by molar-refractivity contribution is -0.138. The normalized spacial score (nSPS) is 10.0. The van der Waals surface area contributed by atoms with Crippen LogP contribution in [0.2, 0.25) is 0 Å². The van der Waals surface area contributed by atoms with Crippen molar-refractivity contribution in [3.05, 3.63) is 0 Å². The first kappa shape index (κ1) is 23.0. The van der Waals surface area contributed by atoms with Crippen LogP contribution in [-0.2, 0) is 4.79 Å². The third-order valence-electron chi connectivity index (χ3n) is 1.29. The van der Waals surface area contributed by atoms with E-state index in [2.05, 4.69) is 0 Å². The Morgan fingerprint density at radius 1 is 1.31 bits per heavy atom. The predicted molar refractivity (Wildman–Crippen MR) is 52.9 cm³/mol. The Morgan fingerprint density at radius 3 is 2.08 bits per heavy atom. The van der Waals surface area contributed by atoms with E-state index in [9.17, 15) is 4.79 Å². The zero-order valence-electron chi connectivity index (χ0n) is 7.62. The van der Waals surface area contributed by atoms with Gasteiger partial charge in [0, 0.05) is 0 Å². The molecule has 9 N–H and O–H groups in total. The van der Waals surface area contributed by atoms with Crippen LogP contribution in [0, 0.1) is 0 Å². The highest BCUT2D eigenvalue weighted by Gasteiger charge is 2.09. The molecular weight excluding hydrogens is 191 g/mol. The van der Waals surface area contributed by atoms with Crippen molar-refractivity contribution in [2.45, 2.75) is 25.3 Å². The lowest BCUT2D eigenvalue weighted by Crippen LogP contribution is -2.29. The fraction of sp³-hybridized carbons (Fsp3) is 0.833. The van der Waals surface area contributed by atoms with Crippen molar-refractivity contribution in [1.29, 1.82) is 0 Å². The third kappa shape index (κ3) is 14.7. The molecule has 80 valence electrons. The molecule has 0 fully saturated rings. The molecule has 0 saturated heterocycles. The lowest BCUT2D eigenvalue weighted by atomic mass is 10.1. The average molecular weight is 210 g/mol. The number of nitrogens with two attached hydrogens (primary N) is 2. The molecule has 0 aliphatic rings. The highest BCUT2D eigenvalue weighted by Crippen LogP contribution is 1.96. The summed E-state index contributed by atoms with van der Waals surface area (Å²) in [7, 11) is 0. The van der Waals surface area contributed by atoms with E-state index in [0.29, 0.717) is 13.0 Å². The molecule has 0 aliphatic carbocycles. The largest absolute Gasteiger partial charge is 0.480 e. The van der Waals surface area contributed by atoms with E-state index >= 15 is 0 Å². The highest BCUT2D eigenvalue weighted by molar-refractivity contribution is 5.75. The third-order valence-corrected chi connectivity index (χ3v) is 1.29. The lowest BCUT2D eigenvalue weighted by Gasteiger charge is -2.03. The monoisotopic (exact) mass is 210 g/mol. The molecule has 0 saturated carbocycles. The van der Waals surface area contributed by atoms with Crippen LogP contribution in [0.3, 0.4) is 0 Å². The van der Waals surface area contributed by atoms with Crippen LogP contribution in [0.4, 0.5) is 0 Å². The first-order valence-electron chi connectivity index (χ1n) is 3.37. The van der Waals surface area contributed by atoms with Gasteiger partial charge in [0.25, 0.3) is 0 Å². The molecule has 0 amide bonds. The van der Waals surface area contributed by atoms with Gasteiger partial charge >= 0.3 is 5.97 Å². The van der Waals surface area contributed by atoms with Gasteiger partial charge in [0.15, 0.2) is 0 Å². The zero-order valence-corrected chi connectivity index (χ0v) is 9.04. The van der Waals surface area contributed by atoms with E-state index in [0.717, 1.165) is 12.8 Å². The van der Waals surface area contributed by atoms with Crippen LogP contribution in [0.1, 0.15) is 19.3 Å². The summed E-state index contributed by atoms with van der Waals surface area (Å²) in [6.45, 7) is 0.604. The molecule has 13 heavy (non-hydrogen) atoms. The van der Waals surface area contributed by atoms with Crippen LogP contribution in [0.25, 0.3) is 0 Å². The second kappa shape index (κ2) is 14.4. The molecule has 1 atom stereocenters. The predicted octanol–water partition coefficient (Wildman–Crippen LogP) is -2.77. The molecule has 1 unspecified atom stereocenters. The minimum Gasteiger partial charge on any atom is -0.480 e. The Kier molecular flexibility index (Phi) is 25.5. The summed E-state index contributed by atoms with van der Waals surface area (Å²) in [6.07, 6.45) is 2.16. The number of unbranched alkanes of at least 4 members (excludes halogenated alkanes) is 1. The van der Waals surface area contributed by atoms with Gasteiger partial charge in [0.2, 0.25) is 0 Å². The molecular formula is C6H19AlN2O4. The number of aliphatic carboxylic acids is 1. The molecule has 0 aromatic carbocycles. The van der Waals surface area contributed by atoms with Gasteiger partial charge in [-0.05, 0) is 19.4 Å². The summed E-state index contributed by atoms with van der Waals surface area (Å²) in [5.41, 5.74) is 10.4. The number of rotatable bonds is 5. The fourth-order valence-electron chi connectivity index (χ4n) is 0.632. The molecule has 0 bridgehead atoms. The fourth-order valence-corrected chi connectivity index (χ4v) is 0.632. The number of carboxylic acids is 1. The van der Waals surface area contributed by atoms with E-state index in [1.165, 1.54) is 0 Å². The van der Waals surface area contributed by atoms with Gasteiger partial charge in [0.1, 0.15) is 6.04 Å². The maximum absolute atomic E-state index is 10.1. The average Bonchev–Trinajstić information content (AvgIpc) is 1.88. The van der Waals surface area contributed by atoms with E-state index < -0.39 is 12.0 Å². The smallest absolute Gasteiger partial charge is 0.320 e. The summed E-state index contributed by atoms with van der Waals surface area (Å²) in [6, 6.07) is -0.716. The number of carboxylic acid groups (broad SMARTS) is 1. The summed E-state index contributed by atoms with van der Waals surface area (Å²) >= 11 is 0. The van der Waals surface area contributed by atoms with Crippen LogP contribution < -0.4 is 11.5 Å². The Balaban J connectivity index is -0.000000135. The first-order chi connectivity index (χ1) is 4.68. The topological polar surface area (TPSA) is 152 Å². The highest BCUT2D eigenvalue weighted by atomic mass is 27.0. The Labute approximate surface area is 88.0 Å². The van der Waals surface area contributed by atoms with Gasteiger partial charge in [-0.25, -0.2) is 0 Å². The summed E-state index contributed by atoms with van der Waals surface area (Å²) in [4.78, 5) is 10.1. The Morgan fingerprint density at radius 2 is 1.77 bits per heavy atom. The maximum Gasteiger partial charge on any atom is 0.320 e. The van der Waals surface area contributed by atoms with Crippen molar-refractivity contribution in [2.24, 2.45) is 11.5 Å². The van der Waals surface area contributed by atoms with Gasteiger partial charge in [-0.3, -0.25) is 4.79 Å². The van der Waals surface area contributed by atoms with Gasteiger partial charge in [-0.1, -0.05) is 6.42 Å². The molecule has 6 nitrogen and oxygen atoms in total. The van der Waals surface area contributed by atoms with Gasteiger partial charge in [-0.15, -0.1) is 0 Å². The summed E-state index contributed by atoms with van der Waals surface area (Å²) < 4.78 is 0. The number of hydrogen-bond donors (Lipinski definition) is 3. The van der Waals surface area contributed by atoms with Gasteiger partial charge in [0.05, 0.1) is 17.4 Å². The zero-order chi connectivity index (χ0) is 7.98. The number of carbonyl (C=O) groups is 1. The van der Waals surface area contributed by atoms with Crippen molar-refractivity contribution in [3.63, 3.8) is 0 Å². The molecule has 2 radical (unpaired) electrons. The minimum atomic E-state index is -0.933. The van der Waals surface area contributed by atoms with Crippen LogP contribution in [0.5, 0.6) is 0 Å². The standard InChI is InChI=1S/C6H14N2O2.Al.2H2O.H/c7-4-2-1-3-5(8)6(9)10;;;;/h5H,1-4,7-8H2,(H,9,10);;2*1H2;. The van der Waals surface area contributed by atoms with Crippen LogP contribution in [-0.4, -0.2) is 52.0 Å². The summed E-state index contributed by atoms with van der Waals surface area (Å²) in [5.74, 6) is -0.933. The van der Waals surface area contributed by atoms with Crippen molar-refractivity contribution >= 4 is 23.3 Å². The van der Waals surface area contributed by atoms with E-state index in [1.54, 1.807) is 0 Å². The summed E-state index contributed by atoms with van der Waals surface area (Å²) in [5, 5.41) is 8.33. The van der Waals surface area contributed by atoms with Crippen molar-refractivity contribution in [1.82, 2.24) is 0 Å². The van der Waals surface area contributed by atoms with Crippen molar-refractivity contribution < 1.29 is 20.9 Å². The molecule has 7 heteroatoms. The SMILES string of the molecule is NCCCCC(N)C(=O)O.O.O.[AlH]. The molecule has 0 aromatic rings. The minimum absolute atomic E-state index is 0. The second-order valence-corrected chi connectivity index (χ2v) is 2.23. The maximum atomic E-state index is 10.1. The van der Waals surface area contributed by atoms with E-state index in [1.807, 2.05) is 0 Å².